The molecule has 148 valence electrons. The average Bonchev–Trinajstić information content (AvgIpc) is 3.38. The van der Waals surface area contributed by atoms with Crippen LogP contribution in [0.1, 0.15) is 58.3 Å². The van der Waals surface area contributed by atoms with Crippen LogP contribution in [0.4, 0.5) is 4.79 Å². The Hall–Kier alpha value is -1.01. The molecule has 7 heteroatoms. The molecule has 0 aromatic carbocycles. The van der Waals surface area contributed by atoms with E-state index in [1.165, 1.54) is 6.42 Å². The van der Waals surface area contributed by atoms with Crippen molar-refractivity contribution >= 4 is 24.3 Å². The molecular weight excluding hydrogens is 352 g/mol. The number of carbonyl (C=O) groups excluding carboxylic acids is 2. The van der Waals surface area contributed by atoms with E-state index in [9.17, 15) is 9.59 Å². The Morgan fingerprint density at radius 1 is 1.04 bits per heavy atom. The highest BCUT2D eigenvalue weighted by atomic mass is 35.5. The lowest BCUT2D eigenvalue weighted by atomic mass is 9.71. The second-order valence-corrected chi connectivity index (χ2v) is 8.42. The van der Waals surface area contributed by atoms with Gasteiger partial charge >= 0.3 is 6.03 Å². The second kappa shape index (κ2) is 7.93. The zero-order chi connectivity index (χ0) is 17.4. The van der Waals surface area contributed by atoms with Crippen LogP contribution >= 0.6 is 12.4 Å². The minimum Gasteiger partial charge on any atom is -0.353 e. The van der Waals surface area contributed by atoms with E-state index in [0.717, 1.165) is 71.1 Å². The first-order valence-corrected chi connectivity index (χ1v) is 10.2. The predicted octanol–water partition coefficient (Wildman–Crippen LogP) is 2.13. The van der Waals surface area contributed by atoms with Crippen molar-refractivity contribution < 1.29 is 9.59 Å². The molecule has 4 heterocycles. The maximum absolute atomic E-state index is 13.0. The van der Waals surface area contributed by atoms with Gasteiger partial charge in [0.25, 0.3) is 0 Å². The third-order valence-corrected chi connectivity index (χ3v) is 7.08. The lowest BCUT2D eigenvalue weighted by Gasteiger charge is -2.38. The molecule has 4 saturated heterocycles. The standard InChI is InChI=1S/C19H32N4O2.ClH/c1-2-19(13-15-5-6-16(19)20-15)17(24)21-14-7-11-23(12-8-14)18(25)22-9-3-4-10-22;/h14-16,20H,2-13H2,1H3,(H,21,24);1H/t15-,16+,19+;/m0./s1. The minimum absolute atomic E-state index is 0. The van der Waals surface area contributed by atoms with E-state index in [-0.39, 0.29) is 35.8 Å². The van der Waals surface area contributed by atoms with Crippen LogP contribution in [-0.4, -0.2) is 66.0 Å². The van der Waals surface area contributed by atoms with Crippen LogP contribution < -0.4 is 10.6 Å². The van der Waals surface area contributed by atoms with Gasteiger partial charge in [-0.25, -0.2) is 4.79 Å². The fraction of sp³-hybridized carbons (Fsp3) is 0.895. The largest absolute Gasteiger partial charge is 0.353 e. The van der Waals surface area contributed by atoms with Crippen LogP contribution in [0.3, 0.4) is 0 Å². The van der Waals surface area contributed by atoms with Crippen molar-refractivity contribution in [1.82, 2.24) is 20.4 Å². The first-order chi connectivity index (χ1) is 12.1. The smallest absolute Gasteiger partial charge is 0.319 e. The SMILES string of the molecule is CC[C@@]1(C(=O)NC2CCN(C(=O)N3CCCC3)CC2)C[C@@H]2CC[C@H]1N2.Cl. The number of rotatable bonds is 3. The number of hydrogen-bond acceptors (Lipinski definition) is 3. The van der Waals surface area contributed by atoms with E-state index in [0.29, 0.717) is 12.1 Å². The van der Waals surface area contributed by atoms with Gasteiger partial charge in [0.05, 0.1) is 5.41 Å². The Balaban J connectivity index is 0.00000196. The van der Waals surface area contributed by atoms with Gasteiger partial charge in [-0.15, -0.1) is 12.4 Å². The lowest BCUT2D eigenvalue weighted by Crippen LogP contribution is -2.54. The van der Waals surface area contributed by atoms with Crippen LogP contribution in [0.25, 0.3) is 0 Å². The predicted molar refractivity (Wildman–Crippen MR) is 103 cm³/mol. The van der Waals surface area contributed by atoms with Crippen LogP contribution in [0.2, 0.25) is 0 Å². The van der Waals surface area contributed by atoms with Gasteiger partial charge in [0.1, 0.15) is 0 Å². The third-order valence-electron chi connectivity index (χ3n) is 7.08. The number of carbonyl (C=O) groups is 2. The van der Waals surface area contributed by atoms with Crippen LogP contribution in [0.5, 0.6) is 0 Å². The third kappa shape index (κ3) is 3.42. The first-order valence-electron chi connectivity index (χ1n) is 10.2. The number of halogens is 1. The van der Waals surface area contributed by atoms with E-state index in [2.05, 4.69) is 17.6 Å². The van der Waals surface area contributed by atoms with E-state index < -0.39 is 0 Å². The molecule has 2 bridgehead atoms. The van der Waals surface area contributed by atoms with Crippen molar-refractivity contribution in [2.24, 2.45) is 5.41 Å². The molecule has 0 spiro atoms. The molecule has 0 aromatic heterocycles. The molecule has 4 aliphatic heterocycles. The Labute approximate surface area is 162 Å². The van der Waals surface area contributed by atoms with Gasteiger partial charge in [0.2, 0.25) is 5.91 Å². The molecule has 3 amide bonds. The summed E-state index contributed by atoms with van der Waals surface area (Å²) < 4.78 is 0. The van der Waals surface area contributed by atoms with Crippen LogP contribution in [0, 0.1) is 5.41 Å². The molecule has 4 aliphatic rings. The highest BCUT2D eigenvalue weighted by Gasteiger charge is 2.54. The summed E-state index contributed by atoms with van der Waals surface area (Å²) >= 11 is 0. The number of likely N-dealkylation sites (tertiary alicyclic amines) is 2. The summed E-state index contributed by atoms with van der Waals surface area (Å²) in [5.41, 5.74) is -0.203. The highest BCUT2D eigenvalue weighted by Crippen LogP contribution is 2.46. The molecule has 2 N–H and O–H groups in total. The van der Waals surface area contributed by atoms with Crippen LogP contribution in [0.15, 0.2) is 0 Å². The summed E-state index contributed by atoms with van der Waals surface area (Å²) in [4.78, 5) is 29.5. The van der Waals surface area contributed by atoms with Gasteiger partial charge in [-0.3, -0.25) is 4.79 Å². The van der Waals surface area contributed by atoms with Gasteiger partial charge in [-0.2, -0.15) is 0 Å². The van der Waals surface area contributed by atoms with E-state index in [1.807, 2.05) is 9.80 Å². The number of nitrogens with one attached hydrogen (secondary N) is 2. The zero-order valence-electron chi connectivity index (χ0n) is 15.8. The topological polar surface area (TPSA) is 64.7 Å². The monoisotopic (exact) mass is 384 g/mol. The second-order valence-electron chi connectivity index (χ2n) is 8.42. The molecule has 0 aromatic rings. The van der Waals surface area contributed by atoms with Crippen molar-refractivity contribution in [1.29, 1.82) is 0 Å². The summed E-state index contributed by atoms with van der Waals surface area (Å²) in [6.45, 7) is 5.50. The maximum atomic E-state index is 13.0. The summed E-state index contributed by atoms with van der Waals surface area (Å²) in [5, 5.41) is 6.96. The molecule has 0 radical (unpaired) electrons. The summed E-state index contributed by atoms with van der Waals surface area (Å²) in [5.74, 6) is 0.249. The molecule has 26 heavy (non-hydrogen) atoms. The van der Waals surface area contributed by atoms with Crippen molar-refractivity contribution in [3.63, 3.8) is 0 Å². The molecule has 6 nitrogen and oxygen atoms in total. The number of fused-ring (bicyclic) bond motifs is 2. The molecular formula is C19H33ClN4O2. The molecule has 0 unspecified atom stereocenters. The zero-order valence-corrected chi connectivity index (χ0v) is 16.7. The number of hydrogen-bond donors (Lipinski definition) is 2. The van der Waals surface area contributed by atoms with E-state index >= 15 is 0 Å². The highest BCUT2D eigenvalue weighted by molar-refractivity contribution is 5.85. The quantitative estimate of drug-likeness (QED) is 0.783. The minimum atomic E-state index is -0.203. The summed E-state index contributed by atoms with van der Waals surface area (Å²) in [6.07, 6.45) is 8.29. The van der Waals surface area contributed by atoms with Crippen molar-refractivity contribution in [2.75, 3.05) is 26.2 Å². The fourth-order valence-electron chi connectivity index (χ4n) is 5.45. The number of urea groups is 1. The molecule has 0 saturated carbocycles. The Morgan fingerprint density at radius 2 is 1.69 bits per heavy atom. The number of nitrogens with zero attached hydrogens (tertiary/aromatic N) is 2. The number of amides is 3. The van der Waals surface area contributed by atoms with Gasteiger partial charge in [-0.05, 0) is 51.4 Å². The van der Waals surface area contributed by atoms with Crippen LogP contribution in [-0.2, 0) is 4.79 Å². The van der Waals surface area contributed by atoms with Crippen molar-refractivity contribution in [3.8, 4) is 0 Å². The van der Waals surface area contributed by atoms with Gasteiger partial charge in [0.15, 0.2) is 0 Å². The molecule has 0 aliphatic carbocycles. The molecule has 3 atom stereocenters. The number of piperidine rings is 1. The Morgan fingerprint density at radius 3 is 2.23 bits per heavy atom. The fourth-order valence-corrected chi connectivity index (χ4v) is 5.45. The Kier molecular flexibility index (Phi) is 6.02. The van der Waals surface area contributed by atoms with Gasteiger partial charge in [-0.1, -0.05) is 6.92 Å². The van der Waals surface area contributed by atoms with E-state index in [4.69, 9.17) is 0 Å². The summed E-state index contributed by atoms with van der Waals surface area (Å²) in [7, 11) is 0. The van der Waals surface area contributed by atoms with E-state index in [1.54, 1.807) is 0 Å². The average molecular weight is 385 g/mol. The van der Waals surface area contributed by atoms with Gasteiger partial charge < -0.3 is 20.4 Å². The first kappa shape index (κ1) is 19.7. The lowest BCUT2D eigenvalue weighted by molar-refractivity contribution is -0.133. The molecule has 4 rings (SSSR count). The molecule has 4 fully saturated rings. The summed E-state index contributed by atoms with van der Waals surface area (Å²) in [6, 6.07) is 1.32. The van der Waals surface area contributed by atoms with Crippen molar-refractivity contribution in [2.45, 2.75) is 76.4 Å². The Bertz CT molecular complexity index is 532. The van der Waals surface area contributed by atoms with Gasteiger partial charge in [0, 0.05) is 44.3 Å². The normalized spacial score (nSPS) is 34.0. The maximum Gasteiger partial charge on any atom is 0.319 e. The van der Waals surface area contributed by atoms with Crippen molar-refractivity contribution in [3.05, 3.63) is 0 Å².